The van der Waals surface area contributed by atoms with Crippen LogP contribution in [0.4, 0.5) is 10.1 Å². The van der Waals surface area contributed by atoms with Crippen molar-refractivity contribution in [3.63, 3.8) is 0 Å². The number of carbonyl (C=O) groups excluding carboxylic acids is 1. The number of aryl methyl sites for hydroxylation is 1. The SMILES string of the molecule is [B]C1([B])c2ncccc2C(=O)N1Cc1ccc(-c2ccc(CCCOC3CC3)c(N)c2C=NC)cc1F. The predicted molar refractivity (Wildman–Crippen MR) is 144 cm³/mol. The first kappa shape index (κ1) is 25.2. The molecule has 1 fully saturated rings. The smallest absolute Gasteiger partial charge is 0.255 e. The lowest BCUT2D eigenvalue weighted by molar-refractivity contribution is 0.0729. The summed E-state index contributed by atoms with van der Waals surface area (Å²) < 4.78 is 21.1. The molecule has 6 nitrogen and oxygen atoms in total. The average molecular weight is 492 g/mol. The number of ether oxygens (including phenoxy) is 1. The summed E-state index contributed by atoms with van der Waals surface area (Å²) in [6, 6.07) is 12.0. The van der Waals surface area contributed by atoms with Gasteiger partial charge in [0.1, 0.15) is 5.82 Å². The zero-order valence-corrected chi connectivity index (χ0v) is 20.8. The Morgan fingerprint density at radius 1 is 1.22 bits per heavy atom. The molecule has 2 aliphatic rings. The van der Waals surface area contributed by atoms with E-state index in [2.05, 4.69) is 9.98 Å². The lowest BCUT2D eigenvalue weighted by Gasteiger charge is -2.33. The van der Waals surface area contributed by atoms with Crippen LogP contribution in [0.3, 0.4) is 0 Å². The number of anilines is 1. The third-order valence-corrected chi connectivity index (χ3v) is 6.91. The van der Waals surface area contributed by atoms with E-state index in [-0.39, 0.29) is 23.7 Å². The van der Waals surface area contributed by atoms with E-state index in [1.54, 1.807) is 37.5 Å². The predicted octanol–water partition coefficient (Wildman–Crippen LogP) is 3.73. The van der Waals surface area contributed by atoms with Gasteiger partial charge in [0.05, 0.1) is 33.1 Å². The van der Waals surface area contributed by atoms with Gasteiger partial charge in [-0.1, -0.05) is 24.3 Å². The normalized spacial score (nSPS) is 16.5. The maximum Gasteiger partial charge on any atom is 0.255 e. The minimum absolute atomic E-state index is 0.0956. The molecule has 0 saturated heterocycles. The molecule has 37 heavy (non-hydrogen) atoms. The van der Waals surface area contributed by atoms with E-state index in [1.165, 1.54) is 17.2 Å². The zero-order chi connectivity index (χ0) is 26.2. The number of benzene rings is 2. The average Bonchev–Trinajstić information content (AvgIpc) is 3.69. The highest BCUT2D eigenvalue weighted by Gasteiger charge is 2.43. The topological polar surface area (TPSA) is 80.8 Å². The van der Waals surface area contributed by atoms with Crippen molar-refractivity contribution in [1.82, 2.24) is 9.88 Å². The third kappa shape index (κ3) is 4.92. The molecule has 1 saturated carbocycles. The lowest BCUT2D eigenvalue weighted by Crippen LogP contribution is -2.44. The summed E-state index contributed by atoms with van der Waals surface area (Å²) in [5.41, 5.74) is 11.2. The van der Waals surface area contributed by atoms with Crippen molar-refractivity contribution in [3.8, 4) is 11.1 Å². The Kier molecular flexibility index (Phi) is 6.90. The molecular weight excluding hydrogens is 465 g/mol. The summed E-state index contributed by atoms with van der Waals surface area (Å²) in [5, 5.41) is -1.63. The van der Waals surface area contributed by atoms with Crippen LogP contribution in [0, 0.1) is 5.82 Å². The molecule has 9 heteroatoms. The summed E-state index contributed by atoms with van der Waals surface area (Å²) >= 11 is 0. The van der Waals surface area contributed by atoms with Gasteiger partial charge in [0, 0.05) is 54.8 Å². The Morgan fingerprint density at radius 3 is 2.70 bits per heavy atom. The van der Waals surface area contributed by atoms with Crippen LogP contribution in [0.1, 0.15) is 52.0 Å². The number of aromatic nitrogens is 1. The molecule has 2 aromatic carbocycles. The minimum atomic E-state index is -1.63. The maximum atomic E-state index is 15.4. The molecule has 2 N–H and O–H groups in total. The molecule has 0 unspecified atom stereocenters. The number of hydrogen-bond donors (Lipinski definition) is 1. The van der Waals surface area contributed by atoms with Gasteiger partial charge in [-0.15, -0.1) is 0 Å². The van der Waals surface area contributed by atoms with Crippen LogP contribution in [-0.4, -0.2) is 57.5 Å². The van der Waals surface area contributed by atoms with Crippen LogP contribution in [0.5, 0.6) is 0 Å². The molecule has 0 atom stereocenters. The summed E-state index contributed by atoms with van der Waals surface area (Å²) in [6.07, 6.45) is 7.63. The van der Waals surface area contributed by atoms with E-state index in [9.17, 15) is 4.79 Å². The van der Waals surface area contributed by atoms with E-state index in [4.69, 9.17) is 26.2 Å². The van der Waals surface area contributed by atoms with Crippen LogP contribution >= 0.6 is 0 Å². The van der Waals surface area contributed by atoms with Crippen molar-refractivity contribution in [3.05, 3.63) is 82.4 Å². The van der Waals surface area contributed by atoms with E-state index in [0.29, 0.717) is 29.5 Å². The second kappa shape index (κ2) is 10.1. The number of pyridine rings is 1. The number of amides is 1. The van der Waals surface area contributed by atoms with Gasteiger partial charge in [0.2, 0.25) is 0 Å². The second-order valence-corrected chi connectivity index (χ2v) is 9.58. The van der Waals surface area contributed by atoms with E-state index >= 15 is 4.39 Å². The molecule has 1 aliphatic carbocycles. The van der Waals surface area contributed by atoms with E-state index in [1.807, 2.05) is 12.1 Å². The van der Waals surface area contributed by atoms with Crippen molar-refractivity contribution in [1.29, 1.82) is 0 Å². The second-order valence-electron chi connectivity index (χ2n) is 9.58. The summed E-state index contributed by atoms with van der Waals surface area (Å²) in [5.74, 6) is -0.867. The number of rotatable bonds is 9. The highest BCUT2D eigenvalue weighted by Crippen LogP contribution is 2.36. The van der Waals surface area contributed by atoms with E-state index in [0.717, 1.165) is 42.4 Å². The number of nitrogens with zero attached hydrogens (tertiary/aromatic N) is 3. The molecule has 1 aliphatic heterocycles. The fourth-order valence-electron chi connectivity index (χ4n) is 4.72. The Hall–Kier alpha value is -3.45. The van der Waals surface area contributed by atoms with Gasteiger partial charge in [-0.2, -0.15) is 0 Å². The monoisotopic (exact) mass is 492 g/mol. The van der Waals surface area contributed by atoms with Crippen LogP contribution in [0.25, 0.3) is 11.1 Å². The fourth-order valence-corrected chi connectivity index (χ4v) is 4.72. The van der Waals surface area contributed by atoms with Crippen LogP contribution in [0.2, 0.25) is 0 Å². The molecule has 2 heterocycles. The molecule has 0 bridgehead atoms. The largest absolute Gasteiger partial charge is 0.398 e. The van der Waals surface area contributed by atoms with E-state index < -0.39 is 11.2 Å². The molecular formula is C28H27B2FN4O2. The highest BCUT2D eigenvalue weighted by molar-refractivity contribution is 6.42. The first-order chi connectivity index (χ1) is 17.8. The van der Waals surface area contributed by atoms with Gasteiger partial charge in [0.15, 0.2) is 0 Å². The Bertz CT molecular complexity index is 1370. The van der Waals surface area contributed by atoms with Crippen LogP contribution in [0.15, 0.2) is 53.7 Å². The molecule has 1 amide bonds. The first-order valence-electron chi connectivity index (χ1n) is 12.4. The summed E-state index contributed by atoms with van der Waals surface area (Å²) in [6.45, 7) is 0.616. The number of nitrogens with two attached hydrogens (primary N) is 1. The third-order valence-electron chi connectivity index (χ3n) is 6.91. The number of aliphatic imine (C=N–C) groups is 1. The molecule has 1 aromatic heterocycles. The summed E-state index contributed by atoms with van der Waals surface area (Å²) in [7, 11) is 14.2. The quantitative estimate of drug-likeness (QED) is 0.214. The molecule has 184 valence electrons. The van der Waals surface area contributed by atoms with Crippen molar-refractivity contribution in [2.24, 2.45) is 4.99 Å². The number of fused-ring (bicyclic) bond motifs is 1. The molecule has 4 radical (unpaired) electrons. The van der Waals surface area contributed by atoms with Crippen molar-refractivity contribution in [2.75, 3.05) is 19.4 Å². The Balaban J connectivity index is 1.38. The number of nitrogen functional groups attached to an aromatic ring is 1. The van der Waals surface area contributed by atoms with Gasteiger partial charge in [-0.05, 0) is 60.6 Å². The lowest BCUT2D eigenvalue weighted by atomic mass is 9.59. The van der Waals surface area contributed by atoms with Crippen LogP contribution < -0.4 is 5.73 Å². The van der Waals surface area contributed by atoms with Gasteiger partial charge < -0.3 is 15.4 Å². The first-order valence-corrected chi connectivity index (χ1v) is 12.4. The zero-order valence-electron chi connectivity index (χ0n) is 20.8. The fraction of sp³-hybridized carbons (Fsp3) is 0.321. The van der Waals surface area contributed by atoms with Crippen molar-refractivity contribution >= 4 is 33.5 Å². The van der Waals surface area contributed by atoms with Crippen molar-refractivity contribution in [2.45, 2.75) is 43.7 Å². The number of hydrogen-bond acceptors (Lipinski definition) is 5. The van der Waals surface area contributed by atoms with Gasteiger partial charge in [-0.25, -0.2) is 4.39 Å². The standard InChI is InChI=1S/C28H27B2FN4O2/c1-33-15-23-21(11-8-17(25(23)32)4-3-13-37-20-9-10-20)18-6-7-19(24(31)14-18)16-35-27(36)22-5-2-12-34-26(22)28(35,29)30/h2,5-8,11-12,14-15,20H,3-4,9-10,13,16,32H2,1H3. The maximum absolute atomic E-state index is 15.4. The number of carbonyl (C=O) groups is 1. The minimum Gasteiger partial charge on any atom is -0.398 e. The highest BCUT2D eigenvalue weighted by atomic mass is 19.1. The summed E-state index contributed by atoms with van der Waals surface area (Å²) in [4.78, 5) is 22.5. The van der Waals surface area contributed by atoms with Crippen molar-refractivity contribution < 1.29 is 13.9 Å². The number of halogens is 1. The Labute approximate surface area is 219 Å². The van der Waals surface area contributed by atoms with Crippen LogP contribution in [-0.2, 0) is 23.0 Å². The van der Waals surface area contributed by atoms with Gasteiger partial charge in [-0.3, -0.25) is 14.8 Å². The molecule has 5 rings (SSSR count). The van der Waals surface area contributed by atoms with Gasteiger partial charge >= 0.3 is 0 Å². The Morgan fingerprint density at radius 2 is 2.00 bits per heavy atom. The molecule has 3 aromatic rings. The van der Waals surface area contributed by atoms with Gasteiger partial charge in [0.25, 0.3) is 5.91 Å². The molecule has 0 spiro atoms.